The van der Waals surface area contributed by atoms with E-state index in [1.165, 1.54) is 36.3 Å². The molecule has 0 bridgehead atoms. The fourth-order valence-corrected chi connectivity index (χ4v) is 3.88. The zero-order chi connectivity index (χ0) is 17.4. The van der Waals surface area contributed by atoms with Crippen molar-refractivity contribution < 1.29 is 23.4 Å². The second-order valence-corrected chi connectivity index (χ2v) is 6.85. The number of hydrogen-bond donors (Lipinski definition) is 1. The molecule has 2 unspecified atom stereocenters. The van der Waals surface area contributed by atoms with Gasteiger partial charge < -0.3 is 14.7 Å². The number of piperidine rings is 1. The van der Waals surface area contributed by atoms with Crippen molar-refractivity contribution in [2.45, 2.75) is 43.6 Å². The zero-order valence-corrected chi connectivity index (χ0v) is 13.8. The highest BCUT2D eigenvalue weighted by molar-refractivity contribution is 5.85. The van der Waals surface area contributed by atoms with E-state index in [1.54, 1.807) is 0 Å². The first-order valence-corrected chi connectivity index (χ1v) is 8.41. The molecule has 0 radical (unpaired) electrons. The molecule has 2 fully saturated rings. The van der Waals surface area contributed by atoms with Crippen LogP contribution in [-0.2, 0) is 10.7 Å². The predicted molar refractivity (Wildman–Crippen MR) is 85.0 cm³/mol. The first-order chi connectivity index (χ1) is 11.4. The Kier molecular flexibility index (Phi) is 4.51. The lowest BCUT2D eigenvalue weighted by Gasteiger charge is -2.47. The number of hydrogen-bond acceptors (Lipinski definition) is 3. The van der Waals surface area contributed by atoms with Gasteiger partial charge in [-0.15, -0.1) is 0 Å². The third-order valence-electron chi connectivity index (χ3n) is 5.44. The van der Waals surface area contributed by atoms with Crippen molar-refractivity contribution in [3.8, 4) is 5.75 Å². The van der Waals surface area contributed by atoms with Gasteiger partial charge in [0, 0.05) is 24.6 Å². The Morgan fingerprint density at radius 3 is 2.67 bits per heavy atom. The van der Waals surface area contributed by atoms with Crippen molar-refractivity contribution in [2.75, 3.05) is 20.2 Å². The van der Waals surface area contributed by atoms with E-state index in [-0.39, 0.29) is 24.6 Å². The molecule has 1 aromatic rings. The van der Waals surface area contributed by atoms with E-state index >= 15 is 0 Å². The highest BCUT2D eigenvalue weighted by Crippen LogP contribution is 2.41. The minimum atomic E-state index is -3.57. The lowest BCUT2D eigenvalue weighted by atomic mass is 9.71. The third-order valence-corrected chi connectivity index (χ3v) is 5.44. The van der Waals surface area contributed by atoms with Gasteiger partial charge in [-0.25, -0.2) is 0 Å². The largest absolute Gasteiger partial charge is 0.497 e. The summed E-state index contributed by atoms with van der Waals surface area (Å²) in [5, 5.41) is 10.6. The van der Waals surface area contributed by atoms with Crippen LogP contribution in [0.2, 0.25) is 0 Å². The Labute approximate surface area is 140 Å². The molecule has 6 heteroatoms. The standard InChI is InChI=1S/C18H23F2NO3/c1-24-15-7-5-13(6-8-15)18(19,20)16(22)21-11-10-17(23)9-3-2-4-14(17)12-21/h5-8,14,23H,2-4,9-12H2,1H3. The summed E-state index contributed by atoms with van der Waals surface area (Å²) < 4.78 is 34.2. The van der Waals surface area contributed by atoms with Gasteiger partial charge >= 0.3 is 5.92 Å². The number of likely N-dealkylation sites (tertiary alicyclic amines) is 1. The Morgan fingerprint density at radius 2 is 2.00 bits per heavy atom. The monoisotopic (exact) mass is 339 g/mol. The van der Waals surface area contributed by atoms with Gasteiger partial charge in [0.05, 0.1) is 12.7 Å². The molecule has 2 aliphatic rings. The minimum absolute atomic E-state index is 0.101. The molecular weight excluding hydrogens is 316 g/mol. The quantitative estimate of drug-likeness (QED) is 0.921. The van der Waals surface area contributed by atoms with Crippen molar-refractivity contribution in [1.82, 2.24) is 4.90 Å². The van der Waals surface area contributed by atoms with E-state index in [0.29, 0.717) is 18.6 Å². The Hall–Kier alpha value is -1.69. The molecular formula is C18H23F2NO3. The Morgan fingerprint density at radius 1 is 1.29 bits per heavy atom. The molecule has 4 nitrogen and oxygen atoms in total. The van der Waals surface area contributed by atoms with Crippen LogP contribution in [0.25, 0.3) is 0 Å². The number of carbonyl (C=O) groups is 1. The number of fused-ring (bicyclic) bond motifs is 1. The number of benzene rings is 1. The topological polar surface area (TPSA) is 49.8 Å². The molecule has 1 saturated carbocycles. The van der Waals surface area contributed by atoms with E-state index in [9.17, 15) is 18.7 Å². The number of nitrogens with zero attached hydrogens (tertiary/aromatic N) is 1. The summed E-state index contributed by atoms with van der Waals surface area (Å²) in [6.07, 6.45) is 3.80. The van der Waals surface area contributed by atoms with Crippen molar-refractivity contribution in [3.63, 3.8) is 0 Å². The number of methoxy groups -OCH3 is 1. The van der Waals surface area contributed by atoms with Crippen molar-refractivity contribution >= 4 is 5.91 Å². The van der Waals surface area contributed by atoms with Gasteiger partial charge in [-0.1, -0.05) is 12.8 Å². The predicted octanol–water partition coefficient (Wildman–Crippen LogP) is 2.94. The summed E-state index contributed by atoms with van der Waals surface area (Å²) in [6, 6.07) is 5.29. The summed E-state index contributed by atoms with van der Waals surface area (Å²) in [6.45, 7) is 0.388. The van der Waals surface area contributed by atoms with E-state index < -0.39 is 17.4 Å². The van der Waals surface area contributed by atoms with E-state index in [2.05, 4.69) is 0 Å². The van der Waals surface area contributed by atoms with Crippen LogP contribution in [0.15, 0.2) is 24.3 Å². The second-order valence-electron chi connectivity index (χ2n) is 6.85. The first kappa shape index (κ1) is 17.1. The smallest absolute Gasteiger partial charge is 0.349 e. The lowest BCUT2D eigenvalue weighted by Crippen LogP contribution is -2.56. The second kappa shape index (κ2) is 6.31. The molecule has 1 amide bonds. The fraction of sp³-hybridized carbons (Fsp3) is 0.611. The average Bonchev–Trinajstić information content (AvgIpc) is 2.60. The SMILES string of the molecule is COc1ccc(C(F)(F)C(=O)N2CCC3(O)CCCCC3C2)cc1. The molecule has 24 heavy (non-hydrogen) atoms. The maximum Gasteiger partial charge on any atom is 0.349 e. The number of rotatable bonds is 3. The zero-order valence-electron chi connectivity index (χ0n) is 13.8. The van der Waals surface area contributed by atoms with E-state index in [1.807, 2.05) is 0 Å². The number of alkyl halides is 2. The average molecular weight is 339 g/mol. The van der Waals surface area contributed by atoms with Crippen LogP contribution >= 0.6 is 0 Å². The third kappa shape index (κ3) is 2.99. The summed E-state index contributed by atoms with van der Waals surface area (Å²) in [7, 11) is 1.46. The van der Waals surface area contributed by atoms with Gasteiger partial charge in [0.25, 0.3) is 5.91 Å². The maximum atomic E-state index is 14.6. The first-order valence-electron chi connectivity index (χ1n) is 8.41. The van der Waals surface area contributed by atoms with Crippen molar-refractivity contribution in [1.29, 1.82) is 0 Å². The van der Waals surface area contributed by atoms with Crippen LogP contribution < -0.4 is 4.74 Å². The highest BCUT2D eigenvalue weighted by Gasteiger charge is 2.49. The van der Waals surface area contributed by atoms with Gasteiger partial charge in [-0.05, 0) is 43.5 Å². The van der Waals surface area contributed by atoms with Crippen LogP contribution in [0.5, 0.6) is 5.75 Å². The van der Waals surface area contributed by atoms with Crippen LogP contribution in [0, 0.1) is 5.92 Å². The number of halogens is 2. The fourth-order valence-electron chi connectivity index (χ4n) is 3.88. The number of ether oxygens (including phenoxy) is 1. The lowest BCUT2D eigenvalue weighted by molar-refractivity contribution is -0.168. The van der Waals surface area contributed by atoms with E-state index in [4.69, 9.17) is 4.74 Å². The summed E-state index contributed by atoms with van der Waals surface area (Å²) in [5.74, 6) is -4.39. The molecule has 1 saturated heterocycles. The maximum absolute atomic E-state index is 14.6. The van der Waals surface area contributed by atoms with Gasteiger partial charge in [0.1, 0.15) is 5.75 Å². The van der Waals surface area contributed by atoms with Crippen molar-refractivity contribution in [2.24, 2.45) is 5.92 Å². The highest BCUT2D eigenvalue weighted by atomic mass is 19.3. The number of aliphatic hydroxyl groups is 1. The molecule has 1 N–H and O–H groups in total. The molecule has 1 aliphatic heterocycles. The molecule has 1 aliphatic carbocycles. The van der Waals surface area contributed by atoms with Gasteiger partial charge in [0.2, 0.25) is 0 Å². The number of amides is 1. The molecule has 1 aromatic carbocycles. The molecule has 132 valence electrons. The Bertz CT molecular complexity index is 605. The number of carbonyl (C=O) groups excluding carboxylic acids is 1. The minimum Gasteiger partial charge on any atom is -0.497 e. The van der Waals surface area contributed by atoms with Crippen LogP contribution in [0.3, 0.4) is 0 Å². The normalized spacial score (nSPS) is 27.5. The van der Waals surface area contributed by atoms with E-state index in [0.717, 1.165) is 19.3 Å². The molecule has 1 heterocycles. The van der Waals surface area contributed by atoms with Crippen LogP contribution in [0.1, 0.15) is 37.7 Å². The van der Waals surface area contributed by atoms with Crippen molar-refractivity contribution in [3.05, 3.63) is 29.8 Å². The molecule has 2 atom stereocenters. The Balaban J connectivity index is 1.75. The van der Waals surface area contributed by atoms with Crippen LogP contribution in [0.4, 0.5) is 8.78 Å². The molecule has 0 aromatic heterocycles. The van der Waals surface area contributed by atoms with Gasteiger partial charge in [-0.3, -0.25) is 4.79 Å². The molecule has 0 spiro atoms. The van der Waals surface area contributed by atoms with Gasteiger partial charge in [-0.2, -0.15) is 8.78 Å². The van der Waals surface area contributed by atoms with Crippen LogP contribution in [-0.4, -0.2) is 41.7 Å². The summed E-state index contributed by atoms with van der Waals surface area (Å²) in [4.78, 5) is 13.6. The molecule has 3 rings (SSSR count). The summed E-state index contributed by atoms with van der Waals surface area (Å²) >= 11 is 0. The summed E-state index contributed by atoms with van der Waals surface area (Å²) in [5.41, 5.74) is -1.12. The van der Waals surface area contributed by atoms with Gasteiger partial charge in [0.15, 0.2) is 0 Å².